The van der Waals surface area contributed by atoms with Crippen LogP contribution in [0.3, 0.4) is 0 Å². The van der Waals surface area contributed by atoms with Gasteiger partial charge in [-0.05, 0) is 64.3 Å². The van der Waals surface area contributed by atoms with E-state index >= 15 is 0 Å². The van der Waals surface area contributed by atoms with E-state index in [4.69, 9.17) is 4.74 Å². The summed E-state index contributed by atoms with van der Waals surface area (Å²) in [5, 5.41) is 3.53. The standard InChI is InChI=1S/C22H37NO2/c1-5-7-8-9-10-16-23-17-15-19-11-13-20(14-12-19)18-22(3,4)21(24)25-6-2/h11-14,23H,5-10,15-18H2,1-4H3. The smallest absolute Gasteiger partial charge is 0.311 e. The molecule has 0 spiro atoms. The van der Waals surface area contributed by atoms with Gasteiger partial charge in [0.05, 0.1) is 12.0 Å². The van der Waals surface area contributed by atoms with E-state index in [1.165, 1.54) is 43.2 Å². The van der Waals surface area contributed by atoms with Crippen molar-refractivity contribution in [3.8, 4) is 0 Å². The lowest BCUT2D eigenvalue weighted by Crippen LogP contribution is -2.29. The van der Waals surface area contributed by atoms with Crippen LogP contribution in [0.25, 0.3) is 0 Å². The molecule has 0 aliphatic heterocycles. The lowest BCUT2D eigenvalue weighted by molar-refractivity contribution is -0.153. The number of benzene rings is 1. The third-order valence-corrected chi connectivity index (χ3v) is 4.54. The van der Waals surface area contributed by atoms with Crippen LogP contribution in [-0.4, -0.2) is 25.7 Å². The number of hydrogen-bond acceptors (Lipinski definition) is 3. The fourth-order valence-electron chi connectivity index (χ4n) is 2.94. The number of unbranched alkanes of at least 4 members (excludes halogenated alkanes) is 4. The molecule has 0 amide bonds. The molecule has 3 heteroatoms. The molecular formula is C22H37NO2. The van der Waals surface area contributed by atoms with Gasteiger partial charge in [-0.1, -0.05) is 56.9 Å². The largest absolute Gasteiger partial charge is 0.466 e. The highest BCUT2D eigenvalue weighted by molar-refractivity contribution is 5.76. The summed E-state index contributed by atoms with van der Waals surface area (Å²) in [5.41, 5.74) is 2.05. The maximum absolute atomic E-state index is 12.0. The molecule has 0 fully saturated rings. The van der Waals surface area contributed by atoms with Gasteiger partial charge in [0.1, 0.15) is 0 Å². The minimum atomic E-state index is -0.475. The molecule has 3 nitrogen and oxygen atoms in total. The van der Waals surface area contributed by atoms with E-state index in [0.717, 1.165) is 19.5 Å². The number of carbonyl (C=O) groups is 1. The average molecular weight is 348 g/mol. The van der Waals surface area contributed by atoms with Crippen LogP contribution in [0.4, 0.5) is 0 Å². The zero-order chi connectivity index (χ0) is 18.5. The number of carbonyl (C=O) groups excluding carboxylic acids is 1. The van der Waals surface area contributed by atoms with Gasteiger partial charge in [-0.3, -0.25) is 4.79 Å². The first-order valence-corrected chi connectivity index (χ1v) is 9.95. The molecule has 142 valence electrons. The van der Waals surface area contributed by atoms with Crippen molar-refractivity contribution in [1.82, 2.24) is 5.32 Å². The molecule has 0 saturated carbocycles. The van der Waals surface area contributed by atoms with Crippen molar-refractivity contribution < 1.29 is 9.53 Å². The minimum absolute atomic E-state index is 0.123. The van der Waals surface area contributed by atoms with Crippen molar-refractivity contribution in [2.45, 2.75) is 72.6 Å². The molecule has 1 rings (SSSR count). The highest BCUT2D eigenvalue weighted by Crippen LogP contribution is 2.24. The van der Waals surface area contributed by atoms with E-state index in [1.54, 1.807) is 0 Å². The Balaban J connectivity index is 2.28. The molecule has 1 aromatic rings. The second-order valence-electron chi connectivity index (χ2n) is 7.51. The second kappa shape index (κ2) is 12.1. The molecule has 0 saturated heterocycles. The third kappa shape index (κ3) is 9.06. The Hall–Kier alpha value is -1.35. The van der Waals surface area contributed by atoms with E-state index in [0.29, 0.717) is 13.0 Å². The summed E-state index contributed by atoms with van der Waals surface area (Å²) in [6.07, 6.45) is 8.41. The molecular weight excluding hydrogens is 310 g/mol. The number of ether oxygens (including phenoxy) is 1. The number of rotatable bonds is 13. The first kappa shape index (κ1) is 21.7. The zero-order valence-electron chi connectivity index (χ0n) is 16.7. The van der Waals surface area contributed by atoms with Crippen LogP contribution in [-0.2, 0) is 22.4 Å². The molecule has 1 aromatic carbocycles. The highest BCUT2D eigenvalue weighted by atomic mass is 16.5. The predicted octanol–water partition coefficient (Wildman–Crippen LogP) is 4.92. The molecule has 0 aromatic heterocycles. The van der Waals surface area contributed by atoms with Gasteiger partial charge in [-0.25, -0.2) is 0 Å². The first-order chi connectivity index (χ1) is 12.0. The van der Waals surface area contributed by atoms with Gasteiger partial charge in [0.15, 0.2) is 0 Å². The van der Waals surface area contributed by atoms with E-state index in [1.807, 2.05) is 20.8 Å². The molecule has 0 radical (unpaired) electrons. The van der Waals surface area contributed by atoms with Gasteiger partial charge >= 0.3 is 5.97 Å². The van der Waals surface area contributed by atoms with Crippen molar-refractivity contribution in [3.63, 3.8) is 0 Å². The lowest BCUT2D eigenvalue weighted by atomic mass is 9.85. The second-order valence-corrected chi connectivity index (χ2v) is 7.51. The predicted molar refractivity (Wildman–Crippen MR) is 106 cm³/mol. The average Bonchev–Trinajstić information content (AvgIpc) is 2.58. The Morgan fingerprint density at radius 2 is 1.60 bits per heavy atom. The molecule has 0 aliphatic rings. The quantitative estimate of drug-likeness (QED) is 0.406. The molecule has 0 heterocycles. The Morgan fingerprint density at radius 1 is 0.960 bits per heavy atom. The lowest BCUT2D eigenvalue weighted by Gasteiger charge is -2.22. The fraction of sp³-hybridized carbons (Fsp3) is 0.682. The maximum atomic E-state index is 12.0. The molecule has 0 bridgehead atoms. The first-order valence-electron chi connectivity index (χ1n) is 9.95. The Bertz CT molecular complexity index is 479. The Labute approximate surface area is 154 Å². The molecule has 1 N–H and O–H groups in total. The van der Waals surface area contributed by atoms with E-state index in [-0.39, 0.29) is 5.97 Å². The van der Waals surface area contributed by atoms with Crippen LogP contribution in [0.5, 0.6) is 0 Å². The van der Waals surface area contributed by atoms with E-state index < -0.39 is 5.41 Å². The van der Waals surface area contributed by atoms with Crippen molar-refractivity contribution >= 4 is 5.97 Å². The molecule has 0 atom stereocenters. The minimum Gasteiger partial charge on any atom is -0.466 e. The summed E-state index contributed by atoms with van der Waals surface area (Å²) < 4.78 is 5.16. The third-order valence-electron chi connectivity index (χ3n) is 4.54. The van der Waals surface area contributed by atoms with Crippen LogP contribution in [0.2, 0.25) is 0 Å². The number of nitrogens with one attached hydrogen (secondary N) is 1. The SMILES string of the molecule is CCCCCCCNCCc1ccc(CC(C)(C)C(=O)OCC)cc1. The van der Waals surface area contributed by atoms with Crippen LogP contribution < -0.4 is 5.32 Å². The van der Waals surface area contributed by atoms with Gasteiger partial charge in [0, 0.05) is 0 Å². The van der Waals surface area contributed by atoms with Crippen LogP contribution in [0.15, 0.2) is 24.3 Å². The van der Waals surface area contributed by atoms with Crippen LogP contribution in [0.1, 0.15) is 70.9 Å². The summed E-state index contributed by atoms with van der Waals surface area (Å²) >= 11 is 0. The Morgan fingerprint density at radius 3 is 2.24 bits per heavy atom. The normalized spacial score (nSPS) is 11.5. The number of esters is 1. The van der Waals surface area contributed by atoms with E-state index in [2.05, 4.69) is 36.5 Å². The molecule has 25 heavy (non-hydrogen) atoms. The fourth-order valence-corrected chi connectivity index (χ4v) is 2.94. The van der Waals surface area contributed by atoms with Gasteiger partial charge in [-0.2, -0.15) is 0 Å². The van der Waals surface area contributed by atoms with Gasteiger partial charge in [-0.15, -0.1) is 0 Å². The molecule has 0 unspecified atom stereocenters. The molecule has 0 aliphatic carbocycles. The Kier molecular flexibility index (Phi) is 10.5. The zero-order valence-corrected chi connectivity index (χ0v) is 16.7. The summed E-state index contributed by atoms with van der Waals surface area (Å²) in [7, 11) is 0. The van der Waals surface area contributed by atoms with Crippen molar-refractivity contribution in [2.75, 3.05) is 19.7 Å². The van der Waals surface area contributed by atoms with Gasteiger partial charge < -0.3 is 10.1 Å². The van der Waals surface area contributed by atoms with Crippen molar-refractivity contribution in [1.29, 1.82) is 0 Å². The van der Waals surface area contributed by atoms with Crippen molar-refractivity contribution in [2.24, 2.45) is 5.41 Å². The van der Waals surface area contributed by atoms with Gasteiger partial charge in [0.2, 0.25) is 0 Å². The van der Waals surface area contributed by atoms with Crippen LogP contribution >= 0.6 is 0 Å². The summed E-state index contributed by atoms with van der Waals surface area (Å²) in [5.74, 6) is -0.123. The van der Waals surface area contributed by atoms with E-state index in [9.17, 15) is 4.79 Å². The topological polar surface area (TPSA) is 38.3 Å². The summed E-state index contributed by atoms with van der Waals surface area (Å²) in [6, 6.07) is 8.64. The van der Waals surface area contributed by atoms with Crippen molar-refractivity contribution in [3.05, 3.63) is 35.4 Å². The number of hydrogen-bond donors (Lipinski definition) is 1. The highest BCUT2D eigenvalue weighted by Gasteiger charge is 2.29. The maximum Gasteiger partial charge on any atom is 0.311 e. The van der Waals surface area contributed by atoms with Gasteiger partial charge in [0.25, 0.3) is 0 Å². The summed E-state index contributed by atoms with van der Waals surface area (Å²) in [4.78, 5) is 12.0. The van der Waals surface area contributed by atoms with Crippen LogP contribution in [0, 0.1) is 5.41 Å². The monoisotopic (exact) mass is 347 g/mol. The summed E-state index contributed by atoms with van der Waals surface area (Å²) in [6.45, 7) is 10.6.